The highest BCUT2D eigenvalue weighted by atomic mass is 16.5. The summed E-state index contributed by atoms with van der Waals surface area (Å²) in [6.07, 6.45) is 2.55. The molecule has 2 aliphatic heterocycles. The molecule has 5 nitrogen and oxygen atoms in total. The number of aliphatic hydroxyl groups is 1. The van der Waals surface area contributed by atoms with E-state index < -0.39 is 0 Å². The number of morpholine rings is 1. The molecule has 0 saturated carbocycles. The minimum Gasteiger partial charge on any atom is -0.394 e. The van der Waals surface area contributed by atoms with Gasteiger partial charge in [0.05, 0.1) is 19.3 Å². The van der Waals surface area contributed by atoms with Crippen LogP contribution in [0.4, 0.5) is 0 Å². The first-order valence-electron chi connectivity index (χ1n) is 6.45. The van der Waals surface area contributed by atoms with Gasteiger partial charge in [-0.25, -0.2) is 0 Å². The van der Waals surface area contributed by atoms with Crippen molar-refractivity contribution in [2.75, 3.05) is 26.3 Å². The third kappa shape index (κ3) is 3.18. The van der Waals surface area contributed by atoms with Crippen LogP contribution in [0.2, 0.25) is 0 Å². The van der Waals surface area contributed by atoms with E-state index in [1.165, 1.54) is 0 Å². The Labute approximate surface area is 102 Å². The lowest BCUT2D eigenvalue weighted by Gasteiger charge is -2.41. The van der Waals surface area contributed by atoms with E-state index in [1.807, 2.05) is 0 Å². The SMILES string of the molecule is CC1COC(CO)CN1C1CCCNC(=O)C1. The number of nitrogens with one attached hydrogen (secondary N) is 1. The summed E-state index contributed by atoms with van der Waals surface area (Å²) in [5.74, 6) is 0.145. The number of rotatable bonds is 2. The summed E-state index contributed by atoms with van der Waals surface area (Å²) in [6.45, 7) is 4.34. The molecule has 2 aliphatic rings. The topological polar surface area (TPSA) is 61.8 Å². The van der Waals surface area contributed by atoms with Gasteiger partial charge in [0.25, 0.3) is 0 Å². The van der Waals surface area contributed by atoms with Crippen LogP contribution in [0.1, 0.15) is 26.2 Å². The second-order valence-electron chi connectivity index (χ2n) is 5.03. The lowest BCUT2D eigenvalue weighted by Crippen LogP contribution is -2.54. The maximum atomic E-state index is 11.6. The number of carbonyl (C=O) groups is 1. The van der Waals surface area contributed by atoms with Crippen molar-refractivity contribution < 1.29 is 14.6 Å². The van der Waals surface area contributed by atoms with E-state index >= 15 is 0 Å². The largest absolute Gasteiger partial charge is 0.394 e. The molecule has 2 rings (SSSR count). The highest BCUT2D eigenvalue weighted by molar-refractivity contribution is 5.76. The number of ether oxygens (including phenoxy) is 1. The van der Waals surface area contributed by atoms with Gasteiger partial charge < -0.3 is 15.2 Å². The third-order valence-electron chi connectivity index (χ3n) is 3.68. The standard InChI is InChI=1S/C12H22N2O3/c1-9-8-17-11(7-15)6-14(9)10-3-2-4-13-12(16)5-10/h9-11,15H,2-8H2,1H3,(H,13,16). The Morgan fingerprint density at radius 1 is 1.59 bits per heavy atom. The minimum absolute atomic E-state index is 0.0577. The van der Waals surface area contributed by atoms with E-state index in [9.17, 15) is 9.90 Å². The summed E-state index contributed by atoms with van der Waals surface area (Å²) < 4.78 is 5.53. The fraction of sp³-hybridized carbons (Fsp3) is 0.917. The van der Waals surface area contributed by atoms with Gasteiger partial charge in [-0.1, -0.05) is 0 Å². The molecule has 2 saturated heterocycles. The third-order valence-corrected chi connectivity index (χ3v) is 3.68. The van der Waals surface area contributed by atoms with Crippen molar-refractivity contribution in [2.45, 2.75) is 44.4 Å². The Morgan fingerprint density at radius 2 is 2.41 bits per heavy atom. The molecule has 0 aromatic carbocycles. The second kappa shape index (κ2) is 5.80. The molecule has 0 aliphatic carbocycles. The molecule has 17 heavy (non-hydrogen) atoms. The molecular weight excluding hydrogens is 220 g/mol. The van der Waals surface area contributed by atoms with Gasteiger partial charge in [-0.2, -0.15) is 0 Å². The number of hydrogen-bond acceptors (Lipinski definition) is 4. The van der Waals surface area contributed by atoms with E-state index in [-0.39, 0.29) is 18.6 Å². The molecule has 0 aromatic heterocycles. The highest BCUT2D eigenvalue weighted by Gasteiger charge is 2.32. The number of amides is 1. The Morgan fingerprint density at radius 3 is 3.18 bits per heavy atom. The molecule has 0 aromatic rings. The molecular formula is C12H22N2O3. The normalized spacial score (nSPS) is 36.4. The molecule has 0 spiro atoms. The van der Waals surface area contributed by atoms with Crippen LogP contribution in [0.3, 0.4) is 0 Å². The number of nitrogens with zero attached hydrogens (tertiary/aromatic N) is 1. The minimum atomic E-state index is -0.0995. The molecule has 2 heterocycles. The van der Waals surface area contributed by atoms with Gasteiger partial charge >= 0.3 is 0 Å². The van der Waals surface area contributed by atoms with Crippen LogP contribution in [0.5, 0.6) is 0 Å². The van der Waals surface area contributed by atoms with Crippen molar-refractivity contribution in [1.29, 1.82) is 0 Å². The van der Waals surface area contributed by atoms with Crippen LogP contribution in [-0.2, 0) is 9.53 Å². The predicted molar refractivity (Wildman–Crippen MR) is 63.6 cm³/mol. The fourth-order valence-electron chi connectivity index (χ4n) is 2.70. The highest BCUT2D eigenvalue weighted by Crippen LogP contribution is 2.21. The zero-order valence-corrected chi connectivity index (χ0v) is 10.4. The number of aliphatic hydroxyl groups excluding tert-OH is 1. The summed E-state index contributed by atoms with van der Waals surface area (Å²) in [6, 6.07) is 0.624. The van der Waals surface area contributed by atoms with Gasteiger partial charge in [0.15, 0.2) is 0 Å². The first-order chi connectivity index (χ1) is 8.20. The van der Waals surface area contributed by atoms with E-state index in [0.717, 1.165) is 25.9 Å². The van der Waals surface area contributed by atoms with Gasteiger partial charge in [-0.3, -0.25) is 9.69 Å². The average Bonchev–Trinajstić information content (AvgIpc) is 2.54. The number of carbonyl (C=O) groups excluding carboxylic acids is 1. The summed E-state index contributed by atoms with van der Waals surface area (Å²) in [5.41, 5.74) is 0. The molecule has 0 radical (unpaired) electrons. The molecule has 0 bridgehead atoms. The molecule has 3 atom stereocenters. The Bertz CT molecular complexity index is 272. The van der Waals surface area contributed by atoms with Gasteiger partial charge in [-0.05, 0) is 19.8 Å². The first kappa shape index (κ1) is 12.8. The molecule has 98 valence electrons. The summed E-state index contributed by atoms with van der Waals surface area (Å²) in [7, 11) is 0. The maximum Gasteiger partial charge on any atom is 0.221 e. The number of hydrogen-bond donors (Lipinski definition) is 2. The predicted octanol–water partition coefficient (Wildman–Crippen LogP) is -0.263. The van der Waals surface area contributed by atoms with Crippen LogP contribution >= 0.6 is 0 Å². The summed E-state index contributed by atoms with van der Waals surface area (Å²) in [4.78, 5) is 13.9. The second-order valence-corrected chi connectivity index (χ2v) is 5.03. The van der Waals surface area contributed by atoms with E-state index in [0.29, 0.717) is 25.1 Å². The Kier molecular flexibility index (Phi) is 4.36. The Hall–Kier alpha value is -0.650. The fourth-order valence-corrected chi connectivity index (χ4v) is 2.70. The first-order valence-corrected chi connectivity index (χ1v) is 6.45. The van der Waals surface area contributed by atoms with Crippen molar-refractivity contribution >= 4 is 5.91 Å². The monoisotopic (exact) mass is 242 g/mol. The van der Waals surface area contributed by atoms with E-state index in [2.05, 4.69) is 17.1 Å². The Balaban J connectivity index is 1.99. The lowest BCUT2D eigenvalue weighted by atomic mass is 10.0. The van der Waals surface area contributed by atoms with Crippen LogP contribution < -0.4 is 5.32 Å². The van der Waals surface area contributed by atoms with Gasteiger partial charge in [0, 0.05) is 31.6 Å². The molecule has 1 amide bonds. The zero-order chi connectivity index (χ0) is 12.3. The molecule has 2 N–H and O–H groups in total. The van der Waals surface area contributed by atoms with Gasteiger partial charge in [0.2, 0.25) is 5.91 Å². The van der Waals surface area contributed by atoms with Crippen LogP contribution in [0, 0.1) is 0 Å². The summed E-state index contributed by atoms with van der Waals surface area (Å²) in [5, 5.41) is 12.1. The van der Waals surface area contributed by atoms with Gasteiger partial charge in [-0.15, -0.1) is 0 Å². The molecule has 3 unspecified atom stereocenters. The lowest BCUT2D eigenvalue weighted by molar-refractivity contribution is -0.124. The van der Waals surface area contributed by atoms with Crippen LogP contribution in [0.25, 0.3) is 0 Å². The van der Waals surface area contributed by atoms with Crippen molar-refractivity contribution in [3.05, 3.63) is 0 Å². The smallest absolute Gasteiger partial charge is 0.221 e. The summed E-state index contributed by atoms with van der Waals surface area (Å²) >= 11 is 0. The van der Waals surface area contributed by atoms with Crippen molar-refractivity contribution in [3.8, 4) is 0 Å². The van der Waals surface area contributed by atoms with Crippen LogP contribution in [0.15, 0.2) is 0 Å². The molecule has 2 fully saturated rings. The maximum absolute atomic E-state index is 11.6. The van der Waals surface area contributed by atoms with Crippen molar-refractivity contribution in [3.63, 3.8) is 0 Å². The molecule has 5 heteroatoms. The van der Waals surface area contributed by atoms with Crippen molar-refractivity contribution in [1.82, 2.24) is 10.2 Å². The van der Waals surface area contributed by atoms with E-state index in [4.69, 9.17) is 4.74 Å². The average molecular weight is 242 g/mol. The van der Waals surface area contributed by atoms with Crippen LogP contribution in [-0.4, -0.2) is 60.4 Å². The van der Waals surface area contributed by atoms with Gasteiger partial charge in [0.1, 0.15) is 0 Å². The van der Waals surface area contributed by atoms with E-state index in [1.54, 1.807) is 0 Å². The van der Waals surface area contributed by atoms with Crippen molar-refractivity contribution in [2.24, 2.45) is 0 Å². The quantitative estimate of drug-likeness (QED) is 0.700. The zero-order valence-electron chi connectivity index (χ0n) is 10.4.